The lowest BCUT2D eigenvalue weighted by Crippen LogP contribution is -2.63. The first-order valence-corrected chi connectivity index (χ1v) is 5.42. The van der Waals surface area contributed by atoms with Crippen LogP contribution in [0.15, 0.2) is 0 Å². The summed E-state index contributed by atoms with van der Waals surface area (Å²) in [4.78, 5) is 11.8. The zero-order chi connectivity index (χ0) is 9.85. The molecule has 0 heterocycles. The molecule has 2 aliphatic carbocycles. The predicted molar refractivity (Wildman–Crippen MR) is 53.4 cm³/mol. The minimum Gasteiger partial charge on any atom is -0.299 e. The number of hydrogen-bond acceptors (Lipinski definition) is 1. The smallest absolute Gasteiger partial charge is 0.136 e. The number of ketones is 1. The van der Waals surface area contributed by atoms with Gasteiger partial charge in [-0.15, -0.1) is 0 Å². The minimum atomic E-state index is 0.231. The first kappa shape index (κ1) is 9.23. The molecule has 0 bridgehead atoms. The predicted octanol–water partition coefficient (Wildman–Crippen LogP) is 3.04. The molecule has 0 saturated heterocycles. The van der Waals surface area contributed by atoms with Gasteiger partial charge in [0.1, 0.15) is 5.78 Å². The normalized spacial score (nSPS) is 40.8. The number of carbonyl (C=O) groups excluding carboxylic acids is 1. The monoisotopic (exact) mass is 180 g/mol. The summed E-state index contributed by atoms with van der Waals surface area (Å²) in [5, 5.41) is 0. The van der Waals surface area contributed by atoms with Crippen LogP contribution in [0, 0.1) is 22.7 Å². The molecule has 2 unspecified atom stereocenters. The highest BCUT2D eigenvalue weighted by Gasteiger charge is 2.64. The largest absolute Gasteiger partial charge is 0.299 e. The van der Waals surface area contributed by atoms with E-state index in [0.29, 0.717) is 23.0 Å². The van der Waals surface area contributed by atoms with Crippen LogP contribution in [0.3, 0.4) is 0 Å². The quantitative estimate of drug-likeness (QED) is 0.560. The van der Waals surface area contributed by atoms with E-state index in [2.05, 4.69) is 27.7 Å². The number of rotatable bonds is 0. The SMILES string of the molecule is CC1(C)C2CCCC(=O)C2C1(C)C. The summed E-state index contributed by atoms with van der Waals surface area (Å²) < 4.78 is 0. The molecule has 0 radical (unpaired) electrons. The van der Waals surface area contributed by atoms with Crippen molar-refractivity contribution in [3.8, 4) is 0 Å². The van der Waals surface area contributed by atoms with Gasteiger partial charge in [0.25, 0.3) is 0 Å². The molecule has 2 fully saturated rings. The Morgan fingerprint density at radius 3 is 2.31 bits per heavy atom. The summed E-state index contributed by atoms with van der Waals surface area (Å²) in [5.74, 6) is 1.57. The average molecular weight is 180 g/mol. The van der Waals surface area contributed by atoms with E-state index in [1.807, 2.05) is 0 Å². The fourth-order valence-corrected chi connectivity index (χ4v) is 3.51. The molecule has 1 heteroatoms. The van der Waals surface area contributed by atoms with Gasteiger partial charge in [0, 0.05) is 12.3 Å². The van der Waals surface area contributed by atoms with E-state index >= 15 is 0 Å². The van der Waals surface area contributed by atoms with Crippen LogP contribution in [0.4, 0.5) is 0 Å². The van der Waals surface area contributed by atoms with Crippen LogP contribution in [-0.4, -0.2) is 5.78 Å². The summed E-state index contributed by atoms with van der Waals surface area (Å²) >= 11 is 0. The van der Waals surface area contributed by atoms with Gasteiger partial charge in [-0.05, 0) is 29.6 Å². The standard InChI is InChI=1S/C12H20O/c1-11(2)8-6-5-7-9(13)10(8)12(11,3)4/h8,10H,5-7H2,1-4H3. The Morgan fingerprint density at radius 2 is 1.77 bits per heavy atom. The second-order valence-corrected chi connectivity index (χ2v) is 5.89. The summed E-state index contributed by atoms with van der Waals surface area (Å²) in [5.41, 5.74) is 0.600. The van der Waals surface area contributed by atoms with Crippen molar-refractivity contribution in [3.63, 3.8) is 0 Å². The van der Waals surface area contributed by atoms with Gasteiger partial charge in [0.2, 0.25) is 0 Å². The van der Waals surface area contributed by atoms with E-state index in [4.69, 9.17) is 0 Å². The van der Waals surface area contributed by atoms with Gasteiger partial charge in [-0.1, -0.05) is 27.7 Å². The first-order chi connectivity index (χ1) is 5.89. The molecule has 1 nitrogen and oxygen atoms in total. The molecule has 13 heavy (non-hydrogen) atoms. The summed E-state index contributed by atoms with van der Waals surface area (Å²) in [6.45, 7) is 9.17. The molecule has 0 spiro atoms. The third-order valence-electron chi connectivity index (χ3n) is 5.05. The Bertz CT molecular complexity index is 250. The van der Waals surface area contributed by atoms with Crippen LogP contribution in [0.1, 0.15) is 47.0 Å². The van der Waals surface area contributed by atoms with Gasteiger partial charge in [0.05, 0.1) is 0 Å². The van der Waals surface area contributed by atoms with Crippen LogP contribution in [0.25, 0.3) is 0 Å². The fourth-order valence-electron chi connectivity index (χ4n) is 3.51. The highest BCUT2D eigenvalue weighted by Crippen LogP contribution is 2.67. The molecule has 2 aliphatic rings. The number of fused-ring (bicyclic) bond motifs is 1. The third-order valence-corrected chi connectivity index (χ3v) is 5.05. The molecule has 0 aromatic carbocycles. The van der Waals surface area contributed by atoms with Crippen molar-refractivity contribution in [1.82, 2.24) is 0 Å². The average Bonchev–Trinajstić information content (AvgIpc) is 2.03. The van der Waals surface area contributed by atoms with Crippen LogP contribution < -0.4 is 0 Å². The maximum atomic E-state index is 11.8. The van der Waals surface area contributed by atoms with E-state index in [1.165, 1.54) is 6.42 Å². The minimum absolute atomic E-state index is 0.231. The second-order valence-electron chi connectivity index (χ2n) is 5.89. The molecular formula is C12H20O. The van der Waals surface area contributed by atoms with Crippen molar-refractivity contribution in [2.75, 3.05) is 0 Å². The molecular weight excluding hydrogens is 160 g/mol. The summed E-state index contributed by atoms with van der Waals surface area (Å²) in [6.07, 6.45) is 3.23. The third kappa shape index (κ3) is 0.908. The van der Waals surface area contributed by atoms with Gasteiger partial charge in [-0.2, -0.15) is 0 Å². The number of hydrogen-bond donors (Lipinski definition) is 0. The van der Waals surface area contributed by atoms with Gasteiger partial charge >= 0.3 is 0 Å². The van der Waals surface area contributed by atoms with Crippen molar-refractivity contribution < 1.29 is 4.79 Å². The second kappa shape index (κ2) is 2.37. The lowest BCUT2D eigenvalue weighted by atomic mass is 9.37. The highest BCUT2D eigenvalue weighted by molar-refractivity contribution is 5.84. The van der Waals surface area contributed by atoms with Gasteiger partial charge in [0.15, 0.2) is 0 Å². The van der Waals surface area contributed by atoms with Crippen molar-refractivity contribution in [1.29, 1.82) is 0 Å². The van der Waals surface area contributed by atoms with E-state index in [1.54, 1.807) is 0 Å². The van der Waals surface area contributed by atoms with Crippen molar-refractivity contribution in [3.05, 3.63) is 0 Å². The first-order valence-electron chi connectivity index (χ1n) is 5.42. The van der Waals surface area contributed by atoms with Gasteiger partial charge < -0.3 is 0 Å². The topological polar surface area (TPSA) is 17.1 Å². The molecule has 74 valence electrons. The maximum Gasteiger partial charge on any atom is 0.136 e. The lowest BCUT2D eigenvalue weighted by molar-refractivity contribution is -0.190. The molecule has 0 N–H and O–H groups in total. The fraction of sp³-hybridized carbons (Fsp3) is 0.917. The van der Waals surface area contributed by atoms with Gasteiger partial charge in [-0.3, -0.25) is 4.79 Å². The summed E-state index contributed by atoms with van der Waals surface area (Å²) in [6, 6.07) is 0. The lowest BCUT2D eigenvalue weighted by Gasteiger charge is -2.66. The van der Waals surface area contributed by atoms with Crippen molar-refractivity contribution in [2.45, 2.75) is 47.0 Å². The molecule has 2 saturated carbocycles. The molecule has 0 aromatic heterocycles. The zero-order valence-corrected chi connectivity index (χ0v) is 9.18. The van der Waals surface area contributed by atoms with Crippen molar-refractivity contribution in [2.24, 2.45) is 22.7 Å². The number of Topliss-reactive ketones (excluding diaryl/α,β-unsaturated/α-hetero) is 1. The van der Waals surface area contributed by atoms with E-state index in [9.17, 15) is 4.79 Å². The molecule has 0 aromatic rings. The van der Waals surface area contributed by atoms with Crippen molar-refractivity contribution >= 4 is 5.78 Å². The van der Waals surface area contributed by atoms with E-state index < -0.39 is 0 Å². The van der Waals surface area contributed by atoms with Crippen LogP contribution >= 0.6 is 0 Å². The van der Waals surface area contributed by atoms with E-state index in [-0.39, 0.29) is 5.41 Å². The molecule has 0 amide bonds. The highest BCUT2D eigenvalue weighted by atomic mass is 16.1. The Hall–Kier alpha value is -0.330. The number of carbonyl (C=O) groups is 1. The Labute approximate surface area is 80.9 Å². The van der Waals surface area contributed by atoms with E-state index in [0.717, 1.165) is 12.8 Å². The Morgan fingerprint density at radius 1 is 1.15 bits per heavy atom. The maximum absolute atomic E-state index is 11.8. The summed E-state index contributed by atoms with van der Waals surface area (Å²) in [7, 11) is 0. The van der Waals surface area contributed by atoms with Crippen LogP contribution in [-0.2, 0) is 4.79 Å². The zero-order valence-electron chi connectivity index (χ0n) is 9.18. The molecule has 2 atom stereocenters. The Balaban J connectivity index is 2.30. The van der Waals surface area contributed by atoms with Gasteiger partial charge in [-0.25, -0.2) is 0 Å². The molecule has 2 rings (SSSR count). The van der Waals surface area contributed by atoms with Crippen LogP contribution in [0.5, 0.6) is 0 Å². The van der Waals surface area contributed by atoms with Crippen LogP contribution in [0.2, 0.25) is 0 Å². The Kier molecular flexibility index (Phi) is 1.68. The molecule has 0 aliphatic heterocycles.